The van der Waals surface area contributed by atoms with Crippen LogP contribution in [0.1, 0.15) is 12.8 Å². The van der Waals surface area contributed by atoms with Gasteiger partial charge in [0.25, 0.3) is 0 Å². The zero-order valence-electron chi connectivity index (χ0n) is 6.92. The fraction of sp³-hybridized carbons (Fsp3) is 0.429. The fourth-order valence-electron chi connectivity index (χ4n) is 0.917. The largest absolute Gasteiger partial charge is 0.490 e. The summed E-state index contributed by atoms with van der Waals surface area (Å²) in [4.78, 5) is 0. The monoisotopic (exact) mass is 180 g/mol. The van der Waals surface area contributed by atoms with E-state index in [9.17, 15) is 0 Å². The van der Waals surface area contributed by atoms with Gasteiger partial charge in [-0.05, 0) is 12.8 Å². The van der Waals surface area contributed by atoms with Gasteiger partial charge >= 0.3 is 7.12 Å². The molecule has 0 aromatic carbocycles. The van der Waals surface area contributed by atoms with E-state index in [2.05, 4.69) is 10.2 Å². The van der Waals surface area contributed by atoms with Gasteiger partial charge in [0.05, 0.1) is 0 Å². The molecular weight excluding hydrogens is 171 g/mol. The maximum absolute atomic E-state index is 8.83. The predicted octanol–water partition coefficient (Wildman–Crippen LogP) is -1.30. The van der Waals surface area contributed by atoms with Gasteiger partial charge in [0, 0.05) is 17.7 Å². The van der Waals surface area contributed by atoms with E-state index in [1.165, 1.54) is 12.3 Å². The number of hydrogen-bond acceptors (Lipinski definition) is 5. The lowest BCUT2D eigenvalue weighted by atomic mass is 9.82. The number of nitrogens with zero attached hydrogens (tertiary/aromatic N) is 2. The Morgan fingerprint density at radius 1 is 1.46 bits per heavy atom. The Hall–Kier alpha value is -1.14. The molecule has 1 aromatic rings. The SMILES string of the molecule is OB(O)c1cnnc(OC2CC2)c1. The highest BCUT2D eigenvalue weighted by atomic mass is 16.5. The molecule has 0 radical (unpaired) electrons. The van der Waals surface area contributed by atoms with Gasteiger partial charge in [-0.2, -0.15) is 5.10 Å². The summed E-state index contributed by atoms with van der Waals surface area (Å²) in [5.41, 5.74) is 0.297. The lowest BCUT2D eigenvalue weighted by Crippen LogP contribution is -2.30. The topological polar surface area (TPSA) is 75.5 Å². The minimum Gasteiger partial charge on any atom is -0.473 e. The maximum atomic E-state index is 8.83. The Morgan fingerprint density at radius 2 is 2.23 bits per heavy atom. The van der Waals surface area contributed by atoms with Crippen LogP contribution in [0.15, 0.2) is 12.3 Å². The van der Waals surface area contributed by atoms with Gasteiger partial charge in [-0.15, -0.1) is 5.10 Å². The summed E-state index contributed by atoms with van der Waals surface area (Å²) >= 11 is 0. The summed E-state index contributed by atoms with van der Waals surface area (Å²) in [7, 11) is -1.52. The zero-order chi connectivity index (χ0) is 9.26. The first-order chi connectivity index (χ1) is 6.25. The summed E-state index contributed by atoms with van der Waals surface area (Å²) in [6, 6.07) is 1.48. The van der Waals surface area contributed by atoms with Crippen molar-refractivity contribution in [2.45, 2.75) is 18.9 Å². The van der Waals surface area contributed by atoms with Crippen LogP contribution in [0.3, 0.4) is 0 Å². The third-order valence-electron chi connectivity index (χ3n) is 1.76. The highest BCUT2D eigenvalue weighted by Crippen LogP contribution is 2.24. The highest BCUT2D eigenvalue weighted by Gasteiger charge is 2.24. The summed E-state index contributed by atoms with van der Waals surface area (Å²) < 4.78 is 5.32. The molecule has 0 unspecified atom stereocenters. The number of hydrogen-bond donors (Lipinski definition) is 2. The molecule has 2 rings (SSSR count). The van der Waals surface area contributed by atoms with E-state index in [4.69, 9.17) is 14.8 Å². The molecule has 2 N–H and O–H groups in total. The molecule has 6 heteroatoms. The van der Waals surface area contributed by atoms with Gasteiger partial charge in [0.1, 0.15) is 6.10 Å². The molecule has 0 atom stereocenters. The van der Waals surface area contributed by atoms with E-state index in [-0.39, 0.29) is 6.10 Å². The lowest BCUT2D eigenvalue weighted by molar-refractivity contribution is 0.287. The van der Waals surface area contributed by atoms with Crippen molar-refractivity contribution < 1.29 is 14.8 Å². The van der Waals surface area contributed by atoms with Gasteiger partial charge in [-0.1, -0.05) is 0 Å². The number of ether oxygens (including phenoxy) is 1. The van der Waals surface area contributed by atoms with E-state index >= 15 is 0 Å². The molecule has 68 valence electrons. The molecule has 0 aliphatic heterocycles. The van der Waals surface area contributed by atoms with Crippen LogP contribution in [0.4, 0.5) is 0 Å². The molecule has 1 heterocycles. The van der Waals surface area contributed by atoms with E-state index in [1.54, 1.807) is 0 Å². The molecular formula is C7H9BN2O3. The Morgan fingerprint density at radius 3 is 2.85 bits per heavy atom. The summed E-state index contributed by atoms with van der Waals surface area (Å²) in [6.07, 6.45) is 3.60. The van der Waals surface area contributed by atoms with Gasteiger partial charge < -0.3 is 14.8 Å². The summed E-state index contributed by atoms with van der Waals surface area (Å²) in [5, 5.41) is 25.0. The van der Waals surface area contributed by atoms with Crippen molar-refractivity contribution in [3.63, 3.8) is 0 Å². The highest BCUT2D eigenvalue weighted by molar-refractivity contribution is 6.58. The van der Waals surface area contributed by atoms with E-state index < -0.39 is 7.12 Å². The Kier molecular flexibility index (Phi) is 2.16. The Labute approximate surface area is 75.5 Å². The maximum Gasteiger partial charge on any atom is 0.490 e. The Balaban J connectivity index is 2.11. The zero-order valence-corrected chi connectivity index (χ0v) is 6.92. The van der Waals surface area contributed by atoms with Crippen LogP contribution in [0.5, 0.6) is 5.88 Å². The minimum atomic E-state index is -1.52. The molecule has 1 aliphatic carbocycles. The van der Waals surface area contributed by atoms with Gasteiger partial charge in [-0.25, -0.2) is 0 Å². The molecule has 0 bridgehead atoms. The number of aromatic nitrogens is 2. The molecule has 1 aliphatic rings. The first-order valence-electron chi connectivity index (χ1n) is 4.11. The molecule has 0 spiro atoms. The van der Waals surface area contributed by atoms with Gasteiger partial charge in [0.2, 0.25) is 5.88 Å². The molecule has 0 amide bonds. The normalized spacial score (nSPS) is 15.5. The molecule has 1 aromatic heterocycles. The van der Waals surface area contributed by atoms with E-state index in [0.717, 1.165) is 12.8 Å². The summed E-state index contributed by atoms with van der Waals surface area (Å²) in [5.74, 6) is 0.355. The van der Waals surface area contributed by atoms with Crippen LogP contribution in [0.2, 0.25) is 0 Å². The standard InChI is InChI=1S/C7H9BN2O3/c11-8(12)5-3-7(10-9-4-5)13-6-1-2-6/h3-4,6,11-12H,1-2H2. The van der Waals surface area contributed by atoms with E-state index in [1.807, 2.05) is 0 Å². The van der Waals surface area contributed by atoms with Gasteiger partial charge in [0.15, 0.2) is 0 Å². The predicted molar refractivity (Wildman–Crippen MR) is 45.5 cm³/mol. The second-order valence-corrected chi connectivity index (χ2v) is 3.02. The Bertz CT molecular complexity index is 304. The molecule has 5 nitrogen and oxygen atoms in total. The lowest BCUT2D eigenvalue weighted by Gasteiger charge is -2.03. The molecule has 13 heavy (non-hydrogen) atoms. The van der Waals surface area contributed by atoms with Gasteiger partial charge in [-0.3, -0.25) is 0 Å². The fourth-order valence-corrected chi connectivity index (χ4v) is 0.917. The van der Waals surface area contributed by atoms with Crippen molar-refractivity contribution in [1.29, 1.82) is 0 Å². The molecule has 1 fully saturated rings. The van der Waals surface area contributed by atoms with Crippen molar-refractivity contribution in [2.24, 2.45) is 0 Å². The minimum absolute atomic E-state index is 0.236. The second kappa shape index (κ2) is 3.31. The van der Waals surface area contributed by atoms with Crippen LogP contribution in [0, 0.1) is 0 Å². The first kappa shape index (κ1) is 8.46. The van der Waals surface area contributed by atoms with Crippen LogP contribution < -0.4 is 10.2 Å². The third-order valence-corrected chi connectivity index (χ3v) is 1.76. The van der Waals surface area contributed by atoms with Crippen molar-refractivity contribution in [3.8, 4) is 5.88 Å². The molecule has 0 saturated heterocycles. The number of rotatable bonds is 3. The van der Waals surface area contributed by atoms with Crippen LogP contribution in [-0.4, -0.2) is 33.5 Å². The van der Waals surface area contributed by atoms with E-state index in [0.29, 0.717) is 11.3 Å². The second-order valence-electron chi connectivity index (χ2n) is 3.02. The first-order valence-corrected chi connectivity index (χ1v) is 4.11. The van der Waals surface area contributed by atoms with Crippen LogP contribution in [-0.2, 0) is 0 Å². The smallest absolute Gasteiger partial charge is 0.473 e. The van der Waals surface area contributed by atoms with Crippen LogP contribution in [0.25, 0.3) is 0 Å². The molecule has 1 saturated carbocycles. The van der Waals surface area contributed by atoms with Crippen molar-refractivity contribution in [3.05, 3.63) is 12.3 Å². The average Bonchev–Trinajstić information content (AvgIpc) is 2.89. The third kappa shape index (κ3) is 2.16. The van der Waals surface area contributed by atoms with Crippen molar-refractivity contribution in [2.75, 3.05) is 0 Å². The van der Waals surface area contributed by atoms with Crippen LogP contribution >= 0.6 is 0 Å². The van der Waals surface area contributed by atoms with Crippen molar-refractivity contribution >= 4 is 12.6 Å². The quantitative estimate of drug-likeness (QED) is 0.565. The average molecular weight is 180 g/mol. The summed E-state index contributed by atoms with van der Waals surface area (Å²) in [6.45, 7) is 0. The van der Waals surface area contributed by atoms with Crippen molar-refractivity contribution in [1.82, 2.24) is 10.2 Å².